The Morgan fingerprint density at radius 1 is 1.23 bits per heavy atom. The van der Waals surface area contributed by atoms with Gasteiger partial charge in [0, 0.05) is 13.1 Å². The van der Waals surface area contributed by atoms with Crippen molar-refractivity contribution in [2.75, 3.05) is 16.8 Å². The SMILES string of the molecule is CC1Oc2cc(N3C(N)=NC(N)=NC34CCCCC4)ccc2N(C)C1=O. The molecular weight excluding hydrogens is 332 g/mol. The number of amides is 1. The molecule has 4 rings (SSSR count). The molecule has 0 aromatic heterocycles. The molecule has 1 spiro atoms. The lowest BCUT2D eigenvalue weighted by Crippen LogP contribution is -2.58. The molecule has 1 aromatic rings. The molecule has 2 aliphatic heterocycles. The lowest BCUT2D eigenvalue weighted by molar-refractivity contribution is -0.125. The number of benzene rings is 1. The number of hydrogen-bond acceptors (Lipinski definition) is 7. The van der Waals surface area contributed by atoms with Gasteiger partial charge in [-0.2, -0.15) is 4.99 Å². The summed E-state index contributed by atoms with van der Waals surface area (Å²) in [5.41, 5.74) is 13.3. The molecule has 4 N–H and O–H groups in total. The molecule has 1 aromatic carbocycles. The van der Waals surface area contributed by atoms with Crippen molar-refractivity contribution in [3.8, 4) is 5.75 Å². The Labute approximate surface area is 152 Å². The fraction of sp³-hybridized carbons (Fsp3) is 0.500. The summed E-state index contributed by atoms with van der Waals surface area (Å²) in [7, 11) is 1.75. The number of likely N-dealkylation sites (N-methyl/N-ethyl adjacent to an activating group) is 1. The maximum Gasteiger partial charge on any atom is 0.267 e. The van der Waals surface area contributed by atoms with Crippen LogP contribution in [0.15, 0.2) is 28.2 Å². The maximum atomic E-state index is 12.1. The van der Waals surface area contributed by atoms with Gasteiger partial charge in [0.25, 0.3) is 5.91 Å². The third kappa shape index (κ3) is 2.48. The van der Waals surface area contributed by atoms with E-state index in [0.717, 1.165) is 37.1 Å². The summed E-state index contributed by atoms with van der Waals surface area (Å²) in [6.45, 7) is 1.75. The van der Waals surface area contributed by atoms with E-state index in [0.29, 0.717) is 11.7 Å². The first-order chi connectivity index (χ1) is 12.4. The van der Waals surface area contributed by atoms with E-state index in [-0.39, 0.29) is 11.9 Å². The van der Waals surface area contributed by atoms with Gasteiger partial charge in [0.2, 0.25) is 11.9 Å². The third-order valence-corrected chi connectivity index (χ3v) is 5.40. The highest BCUT2D eigenvalue weighted by atomic mass is 16.5. The number of guanidine groups is 2. The van der Waals surface area contributed by atoms with E-state index in [1.807, 2.05) is 23.1 Å². The molecule has 0 saturated heterocycles. The van der Waals surface area contributed by atoms with Gasteiger partial charge in [0.05, 0.1) is 11.4 Å². The van der Waals surface area contributed by atoms with E-state index >= 15 is 0 Å². The van der Waals surface area contributed by atoms with Crippen LogP contribution in [0.25, 0.3) is 0 Å². The zero-order valence-electron chi connectivity index (χ0n) is 15.1. The highest BCUT2D eigenvalue weighted by molar-refractivity contribution is 6.06. The molecular formula is C18H24N6O2. The number of hydrogen-bond donors (Lipinski definition) is 2. The van der Waals surface area contributed by atoms with Crippen LogP contribution in [0.2, 0.25) is 0 Å². The van der Waals surface area contributed by atoms with Crippen LogP contribution in [0, 0.1) is 0 Å². The summed E-state index contributed by atoms with van der Waals surface area (Å²) in [5.74, 6) is 1.16. The first kappa shape index (κ1) is 16.7. The first-order valence-corrected chi connectivity index (χ1v) is 8.99. The highest BCUT2D eigenvalue weighted by Gasteiger charge is 2.43. The van der Waals surface area contributed by atoms with Crippen molar-refractivity contribution < 1.29 is 9.53 Å². The van der Waals surface area contributed by atoms with Gasteiger partial charge in [0.1, 0.15) is 11.4 Å². The number of carbonyl (C=O) groups is 1. The van der Waals surface area contributed by atoms with Gasteiger partial charge in [0.15, 0.2) is 6.10 Å². The molecule has 0 radical (unpaired) electrons. The minimum absolute atomic E-state index is 0.0644. The van der Waals surface area contributed by atoms with Crippen molar-refractivity contribution in [2.45, 2.75) is 50.8 Å². The van der Waals surface area contributed by atoms with Gasteiger partial charge in [-0.25, -0.2) is 4.99 Å². The largest absolute Gasteiger partial charge is 0.479 e. The predicted molar refractivity (Wildman–Crippen MR) is 101 cm³/mol. The summed E-state index contributed by atoms with van der Waals surface area (Å²) >= 11 is 0. The van der Waals surface area contributed by atoms with E-state index in [1.54, 1.807) is 18.9 Å². The van der Waals surface area contributed by atoms with E-state index in [2.05, 4.69) is 9.98 Å². The van der Waals surface area contributed by atoms with Crippen LogP contribution in [-0.4, -0.2) is 36.6 Å². The molecule has 3 aliphatic rings. The Morgan fingerprint density at radius 3 is 2.69 bits per heavy atom. The van der Waals surface area contributed by atoms with Crippen LogP contribution in [0.4, 0.5) is 11.4 Å². The number of anilines is 2. The number of carbonyl (C=O) groups excluding carboxylic acids is 1. The Balaban J connectivity index is 1.78. The second-order valence-corrected chi connectivity index (χ2v) is 7.13. The molecule has 8 nitrogen and oxygen atoms in total. The third-order valence-electron chi connectivity index (χ3n) is 5.40. The van der Waals surface area contributed by atoms with Crippen molar-refractivity contribution in [3.63, 3.8) is 0 Å². The zero-order chi connectivity index (χ0) is 18.5. The van der Waals surface area contributed by atoms with Gasteiger partial charge >= 0.3 is 0 Å². The van der Waals surface area contributed by atoms with Gasteiger partial charge < -0.3 is 21.1 Å². The fourth-order valence-electron chi connectivity index (χ4n) is 4.14. The van der Waals surface area contributed by atoms with Crippen LogP contribution < -0.4 is 26.0 Å². The molecule has 1 unspecified atom stereocenters. The molecule has 8 heteroatoms. The van der Waals surface area contributed by atoms with Gasteiger partial charge in [-0.3, -0.25) is 9.69 Å². The molecule has 138 valence electrons. The second-order valence-electron chi connectivity index (χ2n) is 7.13. The lowest BCUT2D eigenvalue weighted by Gasteiger charge is -2.46. The zero-order valence-corrected chi connectivity index (χ0v) is 15.1. The molecule has 1 atom stereocenters. The minimum atomic E-state index is -0.521. The Morgan fingerprint density at radius 2 is 1.96 bits per heavy atom. The van der Waals surface area contributed by atoms with Gasteiger partial charge in [-0.1, -0.05) is 6.42 Å². The van der Waals surface area contributed by atoms with Crippen molar-refractivity contribution in [2.24, 2.45) is 21.5 Å². The average Bonchev–Trinajstić information content (AvgIpc) is 2.59. The fourth-order valence-corrected chi connectivity index (χ4v) is 4.14. The number of rotatable bonds is 1. The van der Waals surface area contributed by atoms with Crippen LogP contribution in [0.5, 0.6) is 5.75 Å². The Bertz CT molecular complexity index is 812. The smallest absolute Gasteiger partial charge is 0.267 e. The minimum Gasteiger partial charge on any atom is -0.479 e. The number of nitrogens with zero attached hydrogens (tertiary/aromatic N) is 4. The summed E-state index contributed by atoms with van der Waals surface area (Å²) in [5, 5.41) is 0. The molecule has 0 bridgehead atoms. The van der Waals surface area contributed by atoms with Gasteiger partial charge in [-0.05, 0) is 44.7 Å². The van der Waals surface area contributed by atoms with E-state index in [9.17, 15) is 4.79 Å². The van der Waals surface area contributed by atoms with Crippen molar-refractivity contribution >= 4 is 29.2 Å². The molecule has 26 heavy (non-hydrogen) atoms. The standard InChI is InChI=1S/C18H24N6O2/c1-11-15(25)23(2)13-7-6-12(10-14(13)26-11)24-17(20)21-16(19)22-18(24)8-4-3-5-9-18/h6-7,10-11H,3-5,8-9H2,1-2H3,(H4,19,20,21,22). The van der Waals surface area contributed by atoms with Crippen LogP contribution in [-0.2, 0) is 4.79 Å². The summed E-state index contributed by atoms with van der Waals surface area (Å²) in [6, 6.07) is 5.71. The number of aliphatic imine (C=N–C) groups is 2. The normalized spacial score (nSPS) is 24.7. The van der Waals surface area contributed by atoms with Crippen LogP contribution in [0.1, 0.15) is 39.0 Å². The molecule has 1 amide bonds. The summed E-state index contributed by atoms with van der Waals surface area (Å²) in [6.07, 6.45) is 4.53. The van der Waals surface area contributed by atoms with Crippen LogP contribution in [0.3, 0.4) is 0 Å². The summed E-state index contributed by atoms with van der Waals surface area (Å²) in [4.78, 5) is 24.6. The number of nitrogens with two attached hydrogens (primary N) is 2. The molecule has 1 fully saturated rings. The Kier molecular flexibility index (Phi) is 3.78. The molecule has 1 aliphatic carbocycles. The van der Waals surface area contributed by atoms with Crippen molar-refractivity contribution in [1.29, 1.82) is 0 Å². The molecule has 1 saturated carbocycles. The van der Waals surface area contributed by atoms with Crippen molar-refractivity contribution in [1.82, 2.24) is 0 Å². The summed E-state index contributed by atoms with van der Waals surface area (Å²) < 4.78 is 5.82. The van der Waals surface area contributed by atoms with Gasteiger partial charge in [-0.15, -0.1) is 0 Å². The number of ether oxygens (including phenoxy) is 1. The lowest BCUT2D eigenvalue weighted by atomic mass is 9.87. The predicted octanol–water partition coefficient (Wildman–Crippen LogP) is 1.54. The monoisotopic (exact) mass is 356 g/mol. The molecule has 2 heterocycles. The first-order valence-electron chi connectivity index (χ1n) is 8.99. The Hall–Kier alpha value is -2.77. The maximum absolute atomic E-state index is 12.1. The number of fused-ring (bicyclic) bond motifs is 1. The quantitative estimate of drug-likeness (QED) is 0.793. The van der Waals surface area contributed by atoms with Crippen LogP contribution >= 0.6 is 0 Å². The van der Waals surface area contributed by atoms with E-state index in [4.69, 9.17) is 16.2 Å². The second kappa shape index (κ2) is 5.89. The van der Waals surface area contributed by atoms with E-state index < -0.39 is 11.8 Å². The average molecular weight is 356 g/mol. The highest BCUT2D eigenvalue weighted by Crippen LogP contribution is 2.42. The van der Waals surface area contributed by atoms with E-state index in [1.165, 1.54) is 6.42 Å². The topological polar surface area (TPSA) is 110 Å². The van der Waals surface area contributed by atoms with Crippen molar-refractivity contribution in [3.05, 3.63) is 18.2 Å².